The molecule has 0 bridgehead atoms. The van der Waals surface area contributed by atoms with Crippen LogP contribution in [0.15, 0.2) is 85.1 Å². The van der Waals surface area contributed by atoms with Crippen molar-refractivity contribution in [1.82, 2.24) is 25.4 Å². The summed E-state index contributed by atoms with van der Waals surface area (Å²) in [7, 11) is 0. The number of likely N-dealkylation sites (N-methyl/N-ethyl adjacent to an activating group) is 1. The van der Waals surface area contributed by atoms with E-state index < -0.39 is 12.1 Å². The van der Waals surface area contributed by atoms with Gasteiger partial charge in [-0.2, -0.15) is 0 Å². The van der Waals surface area contributed by atoms with Crippen LogP contribution in [0.5, 0.6) is 0 Å². The van der Waals surface area contributed by atoms with E-state index in [-0.39, 0.29) is 43.7 Å². The van der Waals surface area contributed by atoms with E-state index in [1.54, 1.807) is 6.20 Å². The van der Waals surface area contributed by atoms with Gasteiger partial charge in [-0.25, -0.2) is 0 Å². The highest BCUT2D eigenvalue weighted by atomic mass is 16.2. The molecule has 1 aromatic heterocycles. The van der Waals surface area contributed by atoms with E-state index in [1.165, 1.54) is 16.0 Å². The van der Waals surface area contributed by atoms with Crippen molar-refractivity contribution in [2.75, 3.05) is 45.8 Å². The average Bonchev–Trinajstić information content (AvgIpc) is 3.05. The molecule has 0 fully saturated rings. The molecule has 236 valence electrons. The van der Waals surface area contributed by atoms with Crippen LogP contribution in [0.25, 0.3) is 0 Å². The first-order valence-electron chi connectivity index (χ1n) is 15.7. The zero-order valence-electron chi connectivity index (χ0n) is 26.2. The number of hydrogen-bond acceptors (Lipinski definition) is 7. The van der Waals surface area contributed by atoms with Gasteiger partial charge < -0.3 is 21.3 Å². The summed E-state index contributed by atoms with van der Waals surface area (Å²) in [5, 5.41) is 6.45. The third kappa shape index (κ3) is 11.3. The molecule has 2 amide bonds. The second kappa shape index (κ2) is 19.4. The van der Waals surface area contributed by atoms with E-state index in [4.69, 9.17) is 5.73 Å². The summed E-state index contributed by atoms with van der Waals surface area (Å²) < 4.78 is 0. The minimum Gasteiger partial charge on any atom is -0.367 e. The normalized spacial score (nSPS) is 11.9. The molecule has 3 rings (SSSR count). The minimum absolute atomic E-state index is 0.0404. The van der Waals surface area contributed by atoms with Crippen LogP contribution in [0.1, 0.15) is 55.8 Å². The molecule has 0 aliphatic heterocycles. The van der Waals surface area contributed by atoms with Gasteiger partial charge in [0, 0.05) is 43.7 Å². The Morgan fingerprint density at radius 2 is 1.45 bits per heavy atom. The summed E-state index contributed by atoms with van der Waals surface area (Å²) in [5.41, 5.74) is 9.21. The number of nitrogens with one attached hydrogen (secondary N) is 2. The number of rotatable bonds is 21. The Labute approximate surface area is 262 Å². The van der Waals surface area contributed by atoms with Gasteiger partial charge in [-0.3, -0.25) is 24.3 Å². The molecule has 3 aromatic rings. The van der Waals surface area contributed by atoms with Crippen molar-refractivity contribution < 1.29 is 14.4 Å². The SMILES string of the molecule is CCCNCC(=O)N(CCc1ccccn1)C(C(N)=O)N(CC)CCC(=O)CNCCC(c1ccccc1)c1ccccc1. The summed E-state index contributed by atoms with van der Waals surface area (Å²) in [6.07, 6.45) is 3.21. The summed E-state index contributed by atoms with van der Waals surface area (Å²) >= 11 is 0. The molecule has 0 spiro atoms. The Morgan fingerprint density at radius 1 is 0.818 bits per heavy atom. The zero-order valence-corrected chi connectivity index (χ0v) is 26.2. The fourth-order valence-corrected chi connectivity index (χ4v) is 5.35. The molecule has 4 N–H and O–H groups in total. The van der Waals surface area contributed by atoms with Crippen molar-refractivity contribution in [2.24, 2.45) is 5.73 Å². The van der Waals surface area contributed by atoms with E-state index in [1.807, 2.05) is 49.1 Å². The van der Waals surface area contributed by atoms with Crippen LogP contribution >= 0.6 is 0 Å². The Hall–Kier alpha value is -3.92. The molecule has 44 heavy (non-hydrogen) atoms. The van der Waals surface area contributed by atoms with E-state index in [2.05, 4.69) is 64.1 Å². The van der Waals surface area contributed by atoms with Crippen molar-refractivity contribution in [3.05, 3.63) is 102 Å². The van der Waals surface area contributed by atoms with Crippen LogP contribution < -0.4 is 16.4 Å². The molecule has 1 unspecified atom stereocenters. The number of pyridine rings is 1. The number of hydrogen-bond donors (Lipinski definition) is 3. The maximum Gasteiger partial charge on any atom is 0.255 e. The van der Waals surface area contributed by atoms with Gasteiger partial charge in [0.05, 0.1) is 13.1 Å². The second-order valence-corrected chi connectivity index (χ2v) is 10.9. The first-order chi connectivity index (χ1) is 21.4. The molecular formula is C35H48N6O3. The number of amides is 2. The van der Waals surface area contributed by atoms with Gasteiger partial charge in [0.15, 0.2) is 6.17 Å². The summed E-state index contributed by atoms with van der Waals surface area (Å²) in [6.45, 7) is 6.70. The highest BCUT2D eigenvalue weighted by Crippen LogP contribution is 2.27. The molecule has 9 nitrogen and oxygen atoms in total. The van der Waals surface area contributed by atoms with E-state index in [0.29, 0.717) is 32.6 Å². The van der Waals surface area contributed by atoms with Crippen LogP contribution in [-0.2, 0) is 20.8 Å². The lowest BCUT2D eigenvalue weighted by Gasteiger charge is -2.37. The minimum atomic E-state index is -0.960. The molecule has 1 atom stereocenters. The van der Waals surface area contributed by atoms with Gasteiger partial charge >= 0.3 is 0 Å². The highest BCUT2D eigenvalue weighted by molar-refractivity contribution is 5.87. The standard InChI is InChI=1S/C35H48N6O3/c1-3-21-37-27-33(43)41(25-19-30-17-11-12-22-39-30)35(34(36)44)40(4-2)24-20-31(42)26-38-23-18-32(28-13-7-5-8-14-28)29-15-9-6-10-16-29/h5-17,22,32,35,37-38H,3-4,18-21,23-27H2,1-2H3,(H2,36,44). The maximum atomic E-state index is 13.3. The van der Waals surface area contributed by atoms with E-state index in [9.17, 15) is 14.4 Å². The molecular weight excluding hydrogens is 552 g/mol. The maximum absolute atomic E-state index is 13.3. The Kier molecular flexibility index (Phi) is 15.2. The Balaban J connectivity index is 1.58. The third-order valence-electron chi connectivity index (χ3n) is 7.67. The van der Waals surface area contributed by atoms with Crippen molar-refractivity contribution in [1.29, 1.82) is 0 Å². The van der Waals surface area contributed by atoms with E-state index >= 15 is 0 Å². The lowest BCUT2D eigenvalue weighted by atomic mass is 9.88. The average molecular weight is 601 g/mol. The van der Waals surface area contributed by atoms with E-state index in [0.717, 1.165) is 18.5 Å². The fourth-order valence-electron chi connectivity index (χ4n) is 5.35. The molecule has 0 aliphatic rings. The molecule has 0 radical (unpaired) electrons. The zero-order chi connectivity index (χ0) is 31.6. The molecule has 9 heteroatoms. The molecule has 1 heterocycles. The topological polar surface area (TPSA) is 121 Å². The molecule has 0 saturated carbocycles. The predicted molar refractivity (Wildman–Crippen MR) is 175 cm³/mol. The van der Waals surface area contributed by atoms with Gasteiger partial charge in [-0.1, -0.05) is 80.6 Å². The van der Waals surface area contributed by atoms with Gasteiger partial charge in [-0.15, -0.1) is 0 Å². The summed E-state index contributed by atoms with van der Waals surface area (Å²) in [6, 6.07) is 26.4. The van der Waals surface area contributed by atoms with Crippen molar-refractivity contribution in [3.8, 4) is 0 Å². The number of carbonyl (C=O) groups excluding carboxylic acids is 3. The van der Waals surface area contributed by atoms with Crippen LogP contribution in [0.4, 0.5) is 0 Å². The monoisotopic (exact) mass is 600 g/mol. The van der Waals surface area contributed by atoms with Gasteiger partial charge in [-0.05, 0) is 55.7 Å². The molecule has 0 aliphatic carbocycles. The quantitative estimate of drug-likeness (QED) is 0.127. The number of nitrogens with two attached hydrogens (primary N) is 1. The first kappa shape index (κ1) is 34.6. The molecule has 0 saturated heterocycles. The smallest absolute Gasteiger partial charge is 0.255 e. The summed E-state index contributed by atoms with van der Waals surface area (Å²) in [4.78, 5) is 46.7. The van der Waals surface area contributed by atoms with Crippen LogP contribution in [-0.4, -0.2) is 84.4 Å². The van der Waals surface area contributed by atoms with Gasteiger partial charge in [0.2, 0.25) is 5.91 Å². The lowest BCUT2D eigenvalue weighted by molar-refractivity contribution is -0.146. The lowest BCUT2D eigenvalue weighted by Crippen LogP contribution is -2.59. The number of benzene rings is 2. The first-order valence-corrected chi connectivity index (χ1v) is 15.7. The number of ketones is 1. The Bertz CT molecular complexity index is 1220. The highest BCUT2D eigenvalue weighted by Gasteiger charge is 2.32. The predicted octanol–water partition coefficient (Wildman–Crippen LogP) is 3.36. The largest absolute Gasteiger partial charge is 0.367 e. The van der Waals surface area contributed by atoms with Crippen LogP contribution in [0.3, 0.4) is 0 Å². The summed E-state index contributed by atoms with van der Waals surface area (Å²) in [5.74, 6) is -0.557. The van der Waals surface area contributed by atoms with Crippen molar-refractivity contribution in [3.63, 3.8) is 0 Å². The van der Waals surface area contributed by atoms with Crippen molar-refractivity contribution >= 4 is 17.6 Å². The van der Waals surface area contributed by atoms with Gasteiger partial charge in [0.25, 0.3) is 5.91 Å². The fraction of sp³-hybridized carbons (Fsp3) is 0.429. The van der Waals surface area contributed by atoms with Crippen LogP contribution in [0, 0.1) is 0 Å². The number of Topliss-reactive ketones (excluding diaryl/α,β-unsaturated/α-hetero) is 1. The second-order valence-electron chi connectivity index (χ2n) is 10.9. The Morgan fingerprint density at radius 3 is 2.02 bits per heavy atom. The number of carbonyl (C=O) groups is 3. The third-order valence-corrected chi connectivity index (χ3v) is 7.67. The number of primary amides is 1. The number of nitrogens with zero attached hydrogens (tertiary/aromatic N) is 3. The van der Waals surface area contributed by atoms with Gasteiger partial charge in [0.1, 0.15) is 5.78 Å². The number of aromatic nitrogens is 1. The van der Waals surface area contributed by atoms with Crippen molar-refractivity contribution in [2.45, 2.75) is 51.6 Å². The van der Waals surface area contributed by atoms with Crippen LogP contribution in [0.2, 0.25) is 0 Å². The molecule has 2 aromatic carbocycles.